The molecule has 0 bridgehead atoms. The van der Waals surface area contributed by atoms with E-state index in [0.717, 1.165) is 5.75 Å². The lowest BCUT2D eigenvalue weighted by Crippen LogP contribution is -2.53. The fraction of sp³-hybridized carbons (Fsp3) is 0.381. The van der Waals surface area contributed by atoms with Gasteiger partial charge in [0.2, 0.25) is 10.0 Å². The standard InChI is InChI=1S/C21H24N2O4S2/c1-27-18-7-5-6-17(16-18)20(24)23-14-15-28-21(23)10-12-22(13-11-21)29(25,26)19-8-3-2-4-9-19/h2-9,16H,10-15H2,1H3. The summed E-state index contributed by atoms with van der Waals surface area (Å²) in [6, 6.07) is 15.7. The van der Waals surface area contributed by atoms with Crippen molar-refractivity contribution >= 4 is 27.7 Å². The molecule has 1 spiro atoms. The van der Waals surface area contributed by atoms with Gasteiger partial charge in [-0.15, -0.1) is 11.8 Å². The van der Waals surface area contributed by atoms with Crippen LogP contribution < -0.4 is 4.74 Å². The summed E-state index contributed by atoms with van der Waals surface area (Å²) in [5, 5.41) is 0. The molecule has 2 aromatic carbocycles. The van der Waals surface area contributed by atoms with Crippen molar-refractivity contribution in [3.05, 3.63) is 60.2 Å². The lowest BCUT2D eigenvalue weighted by atomic mass is 10.0. The molecule has 154 valence electrons. The first-order valence-corrected chi connectivity index (χ1v) is 12.0. The van der Waals surface area contributed by atoms with Gasteiger partial charge in [-0.1, -0.05) is 24.3 Å². The number of sulfonamides is 1. The average molecular weight is 433 g/mol. The van der Waals surface area contributed by atoms with Crippen LogP contribution in [0.15, 0.2) is 59.5 Å². The quantitative estimate of drug-likeness (QED) is 0.743. The minimum Gasteiger partial charge on any atom is -0.497 e. The largest absolute Gasteiger partial charge is 0.497 e. The normalized spacial score (nSPS) is 19.4. The summed E-state index contributed by atoms with van der Waals surface area (Å²) >= 11 is 1.77. The van der Waals surface area contributed by atoms with Crippen LogP contribution in [-0.2, 0) is 10.0 Å². The van der Waals surface area contributed by atoms with Crippen LogP contribution in [0.25, 0.3) is 0 Å². The zero-order valence-electron chi connectivity index (χ0n) is 16.3. The minimum atomic E-state index is -3.50. The smallest absolute Gasteiger partial charge is 0.255 e. The molecule has 2 aliphatic rings. The van der Waals surface area contributed by atoms with Crippen molar-refractivity contribution in [2.45, 2.75) is 22.6 Å². The highest BCUT2D eigenvalue weighted by Gasteiger charge is 2.48. The van der Waals surface area contributed by atoms with Crippen molar-refractivity contribution in [3.63, 3.8) is 0 Å². The van der Waals surface area contributed by atoms with Crippen LogP contribution in [0.1, 0.15) is 23.2 Å². The number of benzene rings is 2. The number of carbonyl (C=O) groups excluding carboxylic acids is 1. The molecule has 29 heavy (non-hydrogen) atoms. The van der Waals surface area contributed by atoms with Gasteiger partial charge in [0.1, 0.15) is 5.75 Å². The summed E-state index contributed by atoms with van der Waals surface area (Å²) in [7, 11) is -1.92. The molecule has 2 fully saturated rings. The molecule has 2 saturated heterocycles. The van der Waals surface area contributed by atoms with E-state index in [9.17, 15) is 13.2 Å². The number of hydrogen-bond donors (Lipinski definition) is 0. The Balaban J connectivity index is 1.51. The number of carbonyl (C=O) groups is 1. The van der Waals surface area contributed by atoms with Crippen molar-refractivity contribution in [1.29, 1.82) is 0 Å². The fourth-order valence-electron chi connectivity index (χ4n) is 4.04. The average Bonchev–Trinajstić information content (AvgIpc) is 3.17. The van der Waals surface area contributed by atoms with Crippen LogP contribution in [0, 0.1) is 0 Å². The van der Waals surface area contributed by atoms with Gasteiger partial charge in [-0.3, -0.25) is 4.79 Å². The molecule has 2 aromatic rings. The van der Waals surface area contributed by atoms with Crippen LogP contribution in [0.3, 0.4) is 0 Å². The molecule has 1 amide bonds. The van der Waals surface area contributed by atoms with E-state index < -0.39 is 10.0 Å². The minimum absolute atomic E-state index is 0.0201. The summed E-state index contributed by atoms with van der Waals surface area (Å²) in [6.45, 7) is 1.49. The molecule has 0 saturated carbocycles. The van der Waals surface area contributed by atoms with E-state index in [1.54, 1.807) is 65.6 Å². The highest BCUT2D eigenvalue weighted by atomic mass is 32.2. The number of hydrogen-bond acceptors (Lipinski definition) is 5. The first kappa shape index (κ1) is 20.3. The summed E-state index contributed by atoms with van der Waals surface area (Å²) in [5.74, 6) is 1.50. The van der Waals surface area contributed by atoms with Gasteiger partial charge in [-0.05, 0) is 43.2 Å². The lowest BCUT2D eigenvalue weighted by Gasteiger charge is -2.43. The van der Waals surface area contributed by atoms with Gasteiger partial charge in [0, 0.05) is 31.0 Å². The maximum Gasteiger partial charge on any atom is 0.255 e. The molecule has 0 radical (unpaired) electrons. The molecule has 0 aromatic heterocycles. The van der Waals surface area contributed by atoms with Gasteiger partial charge in [-0.25, -0.2) is 8.42 Å². The molecule has 4 rings (SSSR count). The first-order valence-electron chi connectivity index (χ1n) is 9.61. The molecule has 8 heteroatoms. The van der Waals surface area contributed by atoms with Gasteiger partial charge >= 0.3 is 0 Å². The number of piperidine rings is 1. The number of methoxy groups -OCH3 is 1. The van der Waals surface area contributed by atoms with Gasteiger partial charge in [0.05, 0.1) is 16.9 Å². The number of amides is 1. The van der Waals surface area contributed by atoms with Crippen molar-refractivity contribution in [2.75, 3.05) is 32.5 Å². The van der Waals surface area contributed by atoms with Crippen molar-refractivity contribution < 1.29 is 17.9 Å². The van der Waals surface area contributed by atoms with E-state index >= 15 is 0 Å². The molecule has 0 unspecified atom stereocenters. The van der Waals surface area contributed by atoms with Crippen molar-refractivity contribution in [2.24, 2.45) is 0 Å². The lowest BCUT2D eigenvalue weighted by molar-refractivity contribution is 0.0605. The highest BCUT2D eigenvalue weighted by Crippen LogP contribution is 2.45. The topological polar surface area (TPSA) is 66.9 Å². The molecular weight excluding hydrogens is 408 g/mol. The third kappa shape index (κ3) is 3.76. The van der Waals surface area contributed by atoms with E-state index in [1.165, 1.54) is 0 Å². The molecule has 6 nitrogen and oxygen atoms in total. The Labute approximate surface area is 175 Å². The van der Waals surface area contributed by atoms with Crippen molar-refractivity contribution in [3.8, 4) is 5.75 Å². The predicted molar refractivity (Wildman–Crippen MR) is 114 cm³/mol. The third-order valence-corrected chi connectivity index (χ3v) is 9.09. The Morgan fingerprint density at radius 3 is 2.45 bits per heavy atom. The van der Waals surface area contributed by atoms with E-state index in [1.807, 2.05) is 17.0 Å². The predicted octanol–water partition coefficient (Wildman–Crippen LogP) is 3.07. The van der Waals surface area contributed by atoms with Crippen molar-refractivity contribution in [1.82, 2.24) is 9.21 Å². The SMILES string of the molecule is COc1cccc(C(=O)N2CCSC23CCN(S(=O)(=O)c2ccccc2)CC3)c1. The van der Waals surface area contributed by atoms with Gasteiger partial charge in [-0.2, -0.15) is 4.31 Å². The molecule has 2 heterocycles. The Bertz CT molecular complexity index is 987. The maximum absolute atomic E-state index is 13.2. The highest BCUT2D eigenvalue weighted by molar-refractivity contribution is 8.00. The van der Waals surface area contributed by atoms with E-state index in [-0.39, 0.29) is 10.8 Å². The second kappa shape index (κ2) is 8.01. The number of rotatable bonds is 4. The third-order valence-electron chi connectivity index (χ3n) is 5.62. The van der Waals surface area contributed by atoms with E-state index in [4.69, 9.17) is 4.74 Å². The maximum atomic E-state index is 13.2. The number of ether oxygens (including phenoxy) is 1. The molecule has 0 N–H and O–H groups in total. The molecular formula is C21H24N2O4S2. The number of nitrogens with zero attached hydrogens (tertiary/aromatic N) is 2. The summed E-state index contributed by atoms with van der Waals surface area (Å²) in [6.07, 6.45) is 1.25. The van der Waals surface area contributed by atoms with Gasteiger partial charge in [0.25, 0.3) is 5.91 Å². The van der Waals surface area contributed by atoms with Crippen LogP contribution in [-0.4, -0.2) is 60.9 Å². The summed E-state index contributed by atoms with van der Waals surface area (Å²) in [4.78, 5) is 15.1. The van der Waals surface area contributed by atoms with Crippen LogP contribution in [0.2, 0.25) is 0 Å². The van der Waals surface area contributed by atoms with Crippen LogP contribution >= 0.6 is 11.8 Å². The van der Waals surface area contributed by atoms with Crippen LogP contribution in [0.4, 0.5) is 0 Å². The second-order valence-electron chi connectivity index (χ2n) is 7.20. The monoisotopic (exact) mass is 432 g/mol. The van der Waals surface area contributed by atoms with E-state index in [2.05, 4.69) is 0 Å². The Kier molecular flexibility index (Phi) is 5.59. The summed E-state index contributed by atoms with van der Waals surface area (Å²) in [5.41, 5.74) is 0.602. The van der Waals surface area contributed by atoms with Gasteiger partial charge < -0.3 is 9.64 Å². The van der Waals surface area contributed by atoms with Crippen LogP contribution in [0.5, 0.6) is 5.75 Å². The summed E-state index contributed by atoms with van der Waals surface area (Å²) < 4.78 is 32.6. The molecule has 0 atom stereocenters. The zero-order chi connectivity index (χ0) is 20.5. The molecule has 0 aliphatic carbocycles. The Morgan fingerprint density at radius 1 is 1.03 bits per heavy atom. The number of thioether (sulfide) groups is 1. The Hall–Kier alpha value is -2.03. The Morgan fingerprint density at radius 2 is 1.76 bits per heavy atom. The molecule has 2 aliphatic heterocycles. The van der Waals surface area contributed by atoms with E-state index in [0.29, 0.717) is 48.7 Å². The first-order chi connectivity index (χ1) is 14.0. The zero-order valence-corrected chi connectivity index (χ0v) is 17.9. The second-order valence-corrected chi connectivity index (χ2v) is 10.6. The fourth-order valence-corrected chi connectivity index (χ4v) is 6.96. The van der Waals surface area contributed by atoms with Gasteiger partial charge in [0.15, 0.2) is 0 Å².